The topological polar surface area (TPSA) is 92.7 Å². The van der Waals surface area contributed by atoms with E-state index in [2.05, 4.69) is 20.3 Å². The summed E-state index contributed by atoms with van der Waals surface area (Å²) in [6.07, 6.45) is -2.49. The lowest BCUT2D eigenvalue weighted by Gasteiger charge is -2.07. The van der Waals surface area contributed by atoms with Crippen molar-refractivity contribution in [1.82, 2.24) is 19.5 Å². The Morgan fingerprint density at radius 2 is 2.10 bits per heavy atom. The number of anilines is 1. The van der Waals surface area contributed by atoms with E-state index in [4.69, 9.17) is 0 Å². The number of fused-ring (bicyclic) bond motifs is 2. The van der Waals surface area contributed by atoms with E-state index in [1.165, 1.54) is 40.4 Å². The molecule has 11 heteroatoms. The first-order valence-corrected chi connectivity index (χ1v) is 9.41. The minimum absolute atomic E-state index is 0.130. The molecule has 0 spiro atoms. The third-order valence-corrected chi connectivity index (χ3v) is 5.45. The van der Waals surface area contributed by atoms with E-state index in [9.17, 15) is 22.8 Å². The van der Waals surface area contributed by atoms with Crippen molar-refractivity contribution in [2.75, 3.05) is 5.32 Å². The van der Waals surface area contributed by atoms with Crippen LogP contribution < -0.4 is 10.9 Å². The second-order valence-electron chi connectivity index (χ2n) is 6.33. The van der Waals surface area contributed by atoms with E-state index in [-0.39, 0.29) is 28.8 Å². The molecule has 4 aromatic rings. The number of imidazole rings is 1. The normalized spacial score (nSPS) is 12.0. The van der Waals surface area contributed by atoms with E-state index in [1.807, 2.05) is 6.92 Å². The third kappa shape index (κ3) is 3.73. The van der Waals surface area contributed by atoms with Crippen molar-refractivity contribution in [2.45, 2.75) is 26.1 Å². The molecule has 0 aliphatic carbocycles. The first kappa shape index (κ1) is 19.1. The minimum atomic E-state index is -4.59. The van der Waals surface area contributed by atoms with Gasteiger partial charge >= 0.3 is 6.18 Å². The number of carbonyl (C=O) groups excluding carboxylic acids is 1. The molecule has 2 N–H and O–H groups in total. The molecule has 1 amide bonds. The summed E-state index contributed by atoms with van der Waals surface area (Å²) < 4.78 is 39.4. The van der Waals surface area contributed by atoms with E-state index < -0.39 is 17.9 Å². The zero-order valence-corrected chi connectivity index (χ0v) is 15.8. The highest BCUT2D eigenvalue weighted by Crippen LogP contribution is 2.29. The molecule has 29 heavy (non-hydrogen) atoms. The molecule has 1 aromatic carbocycles. The zero-order valence-electron chi connectivity index (χ0n) is 15.0. The van der Waals surface area contributed by atoms with E-state index in [0.717, 1.165) is 11.3 Å². The van der Waals surface area contributed by atoms with Crippen LogP contribution in [0.15, 0.2) is 35.4 Å². The van der Waals surface area contributed by atoms with E-state index >= 15 is 0 Å². The van der Waals surface area contributed by atoms with Crippen LogP contribution in [-0.4, -0.2) is 25.4 Å². The summed E-state index contributed by atoms with van der Waals surface area (Å²) in [4.78, 5) is 36.4. The molecule has 0 atom stereocenters. The smallest absolute Gasteiger partial charge is 0.334 e. The van der Waals surface area contributed by atoms with E-state index in [1.54, 1.807) is 6.07 Å². The van der Waals surface area contributed by atoms with Gasteiger partial charge in [0.25, 0.3) is 5.56 Å². The molecule has 0 saturated heterocycles. The molecule has 0 fully saturated rings. The molecule has 0 radical (unpaired) electrons. The number of hydrogen-bond donors (Lipinski definition) is 2. The van der Waals surface area contributed by atoms with Gasteiger partial charge in [-0.1, -0.05) is 6.92 Å². The lowest BCUT2D eigenvalue weighted by molar-refractivity contribution is -0.144. The Balaban J connectivity index is 1.54. The number of rotatable bonds is 4. The number of aromatic nitrogens is 4. The van der Waals surface area contributed by atoms with Gasteiger partial charge in [0.1, 0.15) is 11.4 Å². The molecule has 4 rings (SSSR count). The lowest BCUT2D eigenvalue weighted by atomic mass is 10.2. The number of aromatic amines is 1. The number of alkyl halides is 3. The monoisotopic (exact) mass is 421 g/mol. The summed E-state index contributed by atoms with van der Waals surface area (Å²) in [6.45, 7) is 1.71. The number of halogens is 3. The highest BCUT2D eigenvalue weighted by Gasteiger charge is 2.34. The molecular weight excluding hydrogens is 407 g/mol. The van der Waals surface area contributed by atoms with Gasteiger partial charge in [0.05, 0.1) is 22.7 Å². The molecule has 0 saturated carbocycles. The number of carbonyl (C=O) groups is 1. The molecule has 150 valence electrons. The first-order valence-electron chi connectivity index (χ1n) is 8.59. The van der Waals surface area contributed by atoms with Crippen molar-refractivity contribution in [3.05, 3.63) is 51.6 Å². The van der Waals surface area contributed by atoms with Gasteiger partial charge in [-0.05, 0) is 30.7 Å². The summed E-state index contributed by atoms with van der Waals surface area (Å²) in [5.41, 5.74) is 0.233. The van der Waals surface area contributed by atoms with Gasteiger partial charge in [0.15, 0.2) is 0 Å². The second-order valence-corrected chi connectivity index (χ2v) is 7.44. The van der Waals surface area contributed by atoms with Crippen LogP contribution in [0, 0.1) is 0 Å². The van der Waals surface area contributed by atoms with Gasteiger partial charge < -0.3 is 10.3 Å². The number of benzene rings is 1. The van der Waals surface area contributed by atoms with Crippen LogP contribution in [0.3, 0.4) is 0 Å². The molecule has 0 bridgehead atoms. The first-order chi connectivity index (χ1) is 13.7. The predicted octanol–water partition coefficient (Wildman–Crippen LogP) is 3.55. The molecule has 7 nitrogen and oxygen atoms in total. The van der Waals surface area contributed by atoms with Crippen LogP contribution in [0.2, 0.25) is 0 Å². The Hall–Kier alpha value is -3.21. The maximum atomic E-state index is 12.8. The predicted molar refractivity (Wildman–Crippen MR) is 103 cm³/mol. The number of aryl methyl sites for hydroxylation is 1. The van der Waals surface area contributed by atoms with Crippen molar-refractivity contribution in [1.29, 1.82) is 0 Å². The Kier molecular flexibility index (Phi) is 4.61. The molecular formula is C18H14F3N5O2S. The Morgan fingerprint density at radius 3 is 2.83 bits per heavy atom. The molecule has 0 aliphatic rings. The highest BCUT2D eigenvalue weighted by atomic mass is 32.1. The SMILES string of the molecule is CCc1cc2c(=O)n(CC(=O)Nc3ccc4nc(C(F)(F)F)[nH]c4c3)cnc2s1. The minimum Gasteiger partial charge on any atom is -0.334 e. The highest BCUT2D eigenvalue weighted by molar-refractivity contribution is 7.18. The standard InChI is InChI=1S/C18H14F3N5O2S/c1-2-10-6-11-15(29-10)22-8-26(16(11)28)7-14(27)23-9-3-4-12-13(5-9)25-17(24-12)18(19,20)21/h3-6,8H,2,7H2,1H3,(H,23,27)(H,24,25). The fraction of sp³-hybridized carbons (Fsp3) is 0.222. The van der Waals surface area contributed by atoms with Crippen LogP contribution in [-0.2, 0) is 23.9 Å². The van der Waals surface area contributed by atoms with Gasteiger partial charge in [-0.2, -0.15) is 13.2 Å². The fourth-order valence-corrected chi connectivity index (χ4v) is 3.80. The summed E-state index contributed by atoms with van der Waals surface area (Å²) in [5.74, 6) is -1.61. The molecule has 3 heterocycles. The average molecular weight is 421 g/mol. The largest absolute Gasteiger partial charge is 0.449 e. The molecule has 0 aliphatic heterocycles. The van der Waals surface area contributed by atoms with Crippen molar-refractivity contribution < 1.29 is 18.0 Å². The number of hydrogen-bond acceptors (Lipinski definition) is 5. The summed E-state index contributed by atoms with van der Waals surface area (Å²) in [7, 11) is 0. The van der Waals surface area contributed by atoms with Gasteiger partial charge in [-0.3, -0.25) is 14.2 Å². The summed E-state index contributed by atoms with van der Waals surface area (Å²) >= 11 is 1.43. The number of nitrogens with zero attached hydrogens (tertiary/aromatic N) is 3. The summed E-state index contributed by atoms with van der Waals surface area (Å²) in [6, 6.07) is 5.94. The quantitative estimate of drug-likeness (QED) is 0.527. The van der Waals surface area contributed by atoms with Crippen LogP contribution >= 0.6 is 11.3 Å². The van der Waals surface area contributed by atoms with Crippen LogP contribution in [0.1, 0.15) is 17.6 Å². The van der Waals surface area contributed by atoms with E-state index in [0.29, 0.717) is 10.2 Å². The van der Waals surface area contributed by atoms with Crippen LogP contribution in [0.5, 0.6) is 0 Å². The van der Waals surface area contributed by atoms with Crippen molar-refractivity contribution >= 4 is 44.2 Å². The zero-order chi connectivity index (χ0) is 20.8. The Morgan fingerprint density at radius 1 is 1.31 bits per heavy atom. The summed E-state index contributed by atoms with van der Waals surface area (Å²) in [5, 5.41) is 3.03. The molecule has 3 aromatic heterocycles. The maximum absolute atomic E-state index is 12.8. The number of H-pyrrole nitrogens is 1. The number of amides is 1. The number of thiophene rings is 1. The fourth-order valence-electron chi connectivity index (χ4n) is 2.87. The average Bonchev–Trinajstić information content (AvgIpc) is 3.27. The third-order valence-electron chi connectivity index (χ3n) is 4.27. The van der Waals surface area contributed by atoms with Crippen molar-refractivity contribution in [3.63, 3.8) is 0 Å². The number of nitrogens with one attached hydrogen (secondary N) is 2. The van der Waals surface area contributed by atoms with Crippen molar-refractivity contribution in [2.24, 2.45) is 0 Å². The molecule has 0 unspecified atom stereocenters. The van der Waals surface area contributed by atoms with Crippen LogP contribution in [0.4, 0.5) is 18.9 Å². The Bertz CT molecular complexity index is 1290. The van der Waals surface area contributed by atoms with Gasteiger partial charge in [0, 0.05) is 10.6 Å². The maximum Gasteiger partial charge on any atom is 0.449 e. The van der Waals surface area contributed by atoms with Crippen molar-refractivity contribution in [3.8, 4) is 0 Å². The van der Waals surface area contributed by atoms with Crippen LogP contribution in [0.25, 0.3) is 21.3 Å². The lowest BCUT2D eigenvalue weighted by Crippen LogP contribution is -2.27. The van der Waals surface area contributed by atoms with Gasteiger partial charge in [0.2, 0.25) is 11.7 Å². The van der Waals surface area contributed by atoms with Gasteiger partial charge in [-0.25, -0.2) is 9.97 Å². The second kappa shape index (κ2) is 6.99. The van der Waals surface area contributed by atoms with Gasteiger partial charge in [-0.15, -0.1) is 11.3 Å². The Labute approximate surface area is 165 Å².